The topological polar surface area (TPSA) is 78.7 Å². The van der Waals surface area contributed by atoms with Crippen molar-refractivity contribution in [3.63, 3.8) is 0 Å². The van der Waals surface area contributed by atoms with Crippen LogP contribution in [-0.2, 0) is 7.05 Å². The summed E-state index contributed by atoms with van der Waals surface area (Å²) in [5.74, 6) is 0.181. The zero-order chi connectivity index (χ0) is 12.1. The maximum Gasteiger partial charge on any atom is 0.290 e. The summed E-state index contributed by atoms with van der Waals surface area (Å²) in [6.45, 7) is 0. The van der Waals surface area contributed by atoms with Gasteiger partial charge in [0.2, 0.25) is 5.95 Å². The second kappa shape index (κ2) is 3.42. The van der Waals surface area contributed by atoms with Crippen LogP contribution < -0.4 is 11.3 Å². The van der Waals surface area contributed by atoms with E-state index < -0.39 is 9.25 Å². The molecule has 0 atom stereocenters. The number of nitrogen functional groups attached to an aromatic ring is 1. The molecule has 0 aromatic carbocycles. The summed E-state index contributed by atoms with van der Waals surface area (Å²) < 4.78 is 2.93. The Morgan fingerprint density at radius 2 is 2.12 bits per heavy atom. The number of nitrogens with two attached hydrogens (primary N) is 1. The molecule has 0 aliphatic rings. The first-order valence-corrected chi connectivity index (χ1v) is 7.95. The van der Waals surface area contributed by atoms with Crippen molar-refractivity contribution in [3.8, 4) is 0 Å². The number of anilines is 1. The molecular weight excluding hydrogens is 246 g/mol. The first-order chi connectivity index (χ1) is 7.32. The first-order valence-electron chi connectivity index (χ1n) is 4.49. The number of aromatic nitrogens is 4. The maximum atomic E-state index is 12.2. The Balaban J connectivity index is 2.96. The molecule has 0 bridgehead atoms. The molecule has 2 aromatic heterocycles. The molecule has 0 amide bonds. The molecule has 0 unspecified atom stereocenters. The van der Waals surface area contributed by atoms with Gasteiger partial charge in [0, 0.05) is 7.05 Å². The Hall–Kier alpha value is -1.15. The van der Waals surface area contributed by atoms with E-state index in [-0.39, 0.29) is 11.5 Å². The smallest absolute Gasteiger partial charge is 0.290 e. The van der Waals surface area contributed by atoms with Gasteiger partial charge in [0.15, 0.2) is 5.52 Å². The van der Waals surface area contributed by atoms with Crippen molar-refractivity contribution in [2.75, 3.05) is 18.2 Å². The highest BCUT2D eigenvalue weighted by Crippen LogP contribution is 2.46. The average Bonchev–Trinajstić information content (AvgIpc) is 2.44. The third kappa shape index (κ3) is 1.57. The van der Waals surface area contributed by atoms with Crippen LogP contribution in [0, 0.1) is 0 Å². The second-order valence-corrected chi connectivity index (χ2v) is 9.28. The molecule has 8 heteroatoms. The normalized spacial score (nSPS) is 13.2. The van der Waals surface area contributed by atoms with Gasteiger partial charge in [-0.3, -0.25) is 9.48 Å². The van der Waals surface area contributed by atoms with Gasteiger partial charge in [-0.05, 0) is 12.5 Å². The number of hydrogen-bond acceptors (Lipinski definition) is 5. The van der Waals surface area contributed by atoms with E-state index >= 15 is 0 Å². The Morgan fingerprint density at radius 1 is 1.50 bits per heavy atom. The van der Waals surface area contributed by atoms with Gasteiger partial charge in [0.1, 0.15) is 5.52 Å². The quantitative estimate of drug-likeness (QED) is 0.573. The minimum absolute atomic E-state index is 0.181. The van der Waals surface area contributed by atoms with Crippen molar-refractivity contribution in [3.05, 3.63) is 16.6 Å². The number of aryl methyl sites for hydroxylation is 1. The van der Waals surface area contributed by atoms with Crippen LogP contribution in [-0.4, -0.2) is 31.2 Å². The summed E-state index contributed by atoms with van der Waals surface area (Å²) in [4.78, 5) is 16.4. The van der Waals surface area contributed by atoms with Gasteiger partial charge in [0.25, 0.3) is 5.56 Å². The number of nitrogens with zero attached hydrogens (tertiary/aromatic N) is 4. The van der Waals surface area contributed by atoms with Gasteiger partial charge in [-0.1, -0.05) is 0 Å². The monoisotopic (exact) mass is 259 g/mol. The Labute approximate surface area is 98.7 Å². The average molecular weight is 259 g/mol. The molecule has 88 valence electrons. The van der Waals surface area contributed by atoms with Gasteiger partial charge in [-0.2, -0.15) is 5.10 Å². The zero-order valence-electron chi connectivity index (χ0n) is 9.21. The molecule has 0 aliphatic heterocycles. The molecular formula is C8H13N5OS2. The fourth-order valence-electron chi connectivity index (χ4n) is 1.56. The molecule has 2 aromatic rings. The predicted octanol–water partition coefficient (Wildman–Crippen LogP) is 0.384. The standard InChI is InChI=1S/C8H13N5OS2/c1-12-6-5(4-10-12)11-8(9)13(7(6)14)16(2,3)15/h4,15H,1-3H3,(H2,9,11). The van der Waals surface area contributed by atoms with Gasteiger partial charge in [-0.25, -0.2) is 8.96 Å². The molecule has 2 heterocycles. The van der Waals surface area contributed by atoms with E-state index in [1.807, 2.05) is 12.5 Å². The van der Waals surface area contributed by atoms with Gasteiger partial charge < -0.3 is 5.73 Å². The summed E-state index contributed by atoms with van der Waals surface area (Å²) in [6.07, 6.45) is 5.24. The number of thiol groups is 1. The number of fused-ring (bicyclic) bond motifs is 1. The molecule has 0 aliphatic carbocycles. The molecule has 0 radical (unpaired) electrons. The maximum absolute atomic E-state index is 12.2. The van der Waals surface area contributed by atoms with Crippen LogP contribution >= 0.6 is 20.9 Å². The van der Waals surface area contributed by atoms with Crippen LogP contribution in [0.3, 0.4) is 0 Å². The van der Waals surface area contributed by atoms with Crippen LogP contribution in [0.4, 0.5) is 5.95 Å². The van der Waals surface area contributed by atoms with Crippen LogP contribution in [0.15, 0.2) is 11.0 Å². The number of hydrogen-bond donors (Lipinski definition) is 2. The van der Waals surface area contributed by atoms with Crippen molar-refractivity contribution in [2.24, 2.45) is 7.05 Å². The first kappa shape index (κ1) is 11.3. The molecule has 0 saturated heterocycles. The van der Waals surface area contributed by atoms with E-state index in [0.717, 1.165) is 0 Å². The van der Waals surface area contributed by atoms with Crippen LogP contribution in [0.1, 0.15) is 0 Å². The van der Waals surface area contributed by atoms with E-state index in [9.17, 15) is 4.79 Å². The van der Waals surface area contributed by atoms with Crippen molar-refractivity contribution in [1.29, 1.82) is 0 Å². The summed E-state index contributed by atoms with van der Waals surface area (Å²) in [6, 6.07) is 0. The second-order valence-electron chi connectivity index (χ2n) is 3.79. The van der Waals surface area contributed by atoms with Crippen molar-refractivity contribution in [2.45, 2.75) is 0 Å². The Morgan fingerprint density at radius 3 is 2.69 bits per heavy atom. The molecule has 6 nitrogen and oxygen atoms in total. The summed E-state index contributed by atoms with van der Waals surface area (Å²) >= 11 is 4.42. The van der Waals surface area contributed by atoms with E-state index in [1.54, 1.807) is 7.05 Å². The minimum atomic E-state index is -1.58. The van der Waals surface area contributed by atoms with Gasteiger partial charge in [-0.15, -0.1) is 20.9 Å². The van der Waals surface area contributed by atoms with E-state index in [2.05, 4.69) is 21.7 Å². The van der Waals surface area contributed by atoms with Crippen LogP contribution in [0.2, 0.25) is 0 Å². The van der Waals surface area contributed by atoms with Crippen LogP contribution in [0.5, 0.6) is 0 Å². The lowest BCUT2D eigenvalue weighted by Crippen LogP contribution is -2.26. The third-order valence-electron chi connectivity index (χ3n) is 2.20. The third-order valence-corrected chi connectivity index (χ3v) is 3.93. The predicted molar refractivity (Wildman–Crippen MR) is 71.0 cm³/mol. The van der Waals surface area contributed by atoms with Gasteiger partial charge in [0.05, 0.1) is 6.20 Å². The highest BCUT2D eigenvalue weighted by molar-refractivity contribution is 8.86. The summed E-state index contributed by atoms with van der Waals surface area (Å²) in [7, 11) is 0.121. The molecule has 0 saturated carbocycles. The highest BCUT2D eigenvalue weighted by atomic mass is 33.1. The minimum Gasteiger partial charge on any atom is -0.368 e. The molecule has 2 rings (SSSR count). The lowest BCUT2D eigenvalue weighted by molar-refractivity contribution is 0.791. The van der Waals surface area contributed by atoms with E-state index in [0.29, 0.717) is 11.0 Å². The lowest BCUT2D eigenvalue weighted by atomic mass is 10.5. The Kier molecular flexibility index (Phi) is 2.43. The molecule has 16 heavy (non-hydrogen) atoms. The number of rotatable bonds is 1. The van der Waals surface area contributed by atoms with Crippen molar-refractivity contribution < 1.29 is 0 Å². The fourth-order valence-corrected chi connectivity index (χ4v) is 3.02. The molecule has 0 fully saturated rings. The molecule has 2 N–H and O–H groups in total. The SMILES string of the molecule is Cn1ncc2nc(N)n(S(C)(C)S)c(=O)c21. The summed E-state index contributed by atoms with van der Waals surface area (Å²) in [5.41, 5.74) is 6.53. The molecule has 0 spiro atoms. The van der Waals surface area contributed by atoms with Crippen molar-refractivity contribution >= 4 is 37.9 Å². The lowest BCUT2D eigenvalue weighted by Gasteiger charge is -2.27. The van der Waals surface area contributed by atoms with E-state index in [1.165, 1.54) is 14.9 Å². The Bertz CT molecular complexity index is 609. The fraction of sp³-hybridized carbons (Fsp3) is 0.375. The zero-order valence-corrected chi connectivity index (χ0v) is 10.9. The van der Waals surface area contributed by atoms with Gasteiger partial charge >= 0.3 is 0 Å². The van der Waals surface area contributed by atoms with Crippen molar-refractivity contribution in [1.82, 2.24) is 18.7 Å². The van der Waals surface area contributed by atoms with Crippen LogP contribution in [0.25, 0.3) is 11.0 Å². The largest absolute Gasteiger partial charge is 0.368 e. The highest BCUT2D eigenvalue weighted by Gasteiger charge is 2.19. The van der Waals surface area contributed by atoms with E-state index in [4.69, 9.17) is 5.73 Å². The summed E-state index contributed by atoms with van der Waals surface area (Å²) in [5, 5.41) is 3.99.